The third-order valence-corrected chi connectivity index (χ3v) is 4.93. The Morgan fingerprint density at radius 3 is 2.84 bits per heavy atom. The Hall–Kier alpha value is -0.840. The van der Waals surface area contributed by atoms with Crippen molar-refractivity contribution in [1.82, 2.24) is 14.8 Å². The number of hydrogen-bond donors (Lipinski definition) is 1. The lowest BCUT2D eigenvalue weighted by atomic mass is 10.0. The lowest BCUT2D eigenvalue weighted by Crippen LogP contribution is -2.24. The number of hydrogen-bond acceptors (Lipinski definition) is 3. The molecule has 0 radical (unpaired) electrons. The van der Waals surface area contributed by atoms with Crippen LogP contribution in [0.3, 0.4) is 0 Å². The van der Waals surface area contributed by atoms with Crippen LogP contribution in [0.1, 0.15) is 57.9 Å². The second-order valence-electron chi connectivity index (χ2n) is 6.03. The quantitative estimate of drug-likeness (QED) is 0.855. The zero-order chi connectivity index (χ0) is 13.2. The van der Waals surface area contributed by atoms with Crippen LogP contribution in [0, 0.1) is 10.7 Å². The van der Waals surface area contributed by atoms with E-state index in [4.69, 9.17) is 12.2 Å². The number of anilines is 1. The number of nitrogens with one attached hydrogen (secondary N) is 1. The van der Waals surface area contributed by atoms with Gasteiger partial charge in [0.25, 0.3) is 0 Å². The van der Waals surface area contributed by atoms with Crippen molar-refractivity contribution in [1.29, 1.82) is 0 Å². The van der Waals surface area contributed by atoms with Gasteiger partial charge in [0, 0.05) is 19.1 Å². The summed E-state index contributed by atoms with van der Waals surface area (Å²) in [4.78, 5) is 2.44. The van der Waals surface area contributed by atoms with Gasteiger partial charge in [-0.1, -0.05) is 26.2 Å². The summed E-state index contributed by atoms with van der Waals surface area (Å²) < 4.78 is 3.09. The molecule has 19 heavy (non-hydrogen) atoms. The molecule has 1 N–H and O–H groups in total. The molecule has 1 aliphatic carbocycles. The van der Waals surface area contributed by atoms with Crippen LogP contribution in [0.5, 0.6) is 0 Å². The maximum absolute atomic E-state index is 5.44. The number of nitrogens with zero attached hydrogens (tertiary/aromatic N) is 3. The van der Waals surface area contributed by atoms with E-state index in [0.717, 1.165) is 29.7 Å². The van der Waals surface area contributed by atoms with E-state index in [1.807, 2.05) is 0 Å². The van der Waals surface area contributed by atoms with E-state index in [1.165, 1.54) is 44.9 Å². The van der Waals surface area contributed by atoms with Gasteiger partial charge in [0.15, 0.2) is 4.77 Å². The molecule has 3 rings (SSSR count). The van der Waals surface area contributed by atoms with E-state index in [9.17, 15) is 0 Å². The van der Waals surface area contributed by atoms with Crippen LogP contribution in [0.2, 0.25) is 0 Å². The highest BCUT2D eigenvalue weighted by Crippen LogP contribution is 2.34. The molecule has 1 aromatic heterocycles. The van der Waals surface area contributed by atoms with Gasteiger partial charge in [-0.3, -0.25) is 4.57 Å². The molecule has 1 aliphatic heterocycles. The first kappa shape index (κ1) is 13.2. The van der Waals surface area contributed by atoms with Gasteiger partial charge in [0.2, 0.25) is 5.95 Å². The fourth-order valence-corrected chi connectivity index (χ4v) is 3.95. The molecule has 0 aromatic carbocycles. The Morgan fingerprint density at radius 1 is 1.32 bits per heavy atom. The monoisotopic (exact) mass is 280 g/mol. The van der Waals surface area contributed by atoms with E-state index < -0.39 is 0 Å². The number of rotatable bonds is 4. The zero-order valence-corrected chi connectivity index (χ0v) is 12.6. The lowest BCUT2D eigenvalue weighted by molar-refractivity contribution is 0.504. The van der Waals surface area contributed by atoms with Gasteiger partial charge in [0.1, 0.15) is 0 Å². The minimum atomic E-state index is 0.575. The highest BCUT2D eigenvalue weighted by atomic mass is 32.1. The molecule has 1 saturated carbocycles. The number of H-pyrrole nitrogens is 1. The van der Waals surface area contributed by atoms with Gasteiger partial charge in [0.05, 0.1) is 0 Å². The third kappa shape index (κ3) is 2.57. The van der Waals surface area contributed by atoms with E-state index in [0.29, 0.717) is 6.04 Å². The fourth-order valence-electron chi connectivity index (χ4n) is 3.67. The largest absolute Gasteiger partial charge is 0.341 e. The Labute approximate surface area is 120 Å². The van der Waals surface area contributed by atoms with E-state index in [1.54, 1.807) is 0 Å². The number of aromatic nitrogens is 3. The Morgan fingerprint density at radius 2 is 2.11 bits per heavy atom. The molecule has 1 unspecified atom stereocenters. The smallest absolute Gasteiger partial charge is 0.225 e. The van der Waals surface area contributed by atoms with Crippen molar-refractivity contribution >= 4 is 18.2 Å². The van der Waals surface area contributed by atoms with Gasteiger partial charge >= 0.3 is 0 Å². The van der Waals surface area contributed by atoms with Crippen molar-refractivity contribution < 1.29 is 0 Å². The second kappa shape index (κ2) is 5.65. The standard InChI is InChI=1S/C14H24N4S/c1-2-5-11-8-9-17(10-11)13-15-16-14(19)18(13)12-6-3-4-7-12/h11-12H,2-10H2,1H3,(H,16,19). The van der Waals surface area contributed by atoms with Gasteiger partial charge in [-0.15, -0.1) is 5.10 Å². The molecule has 0 amide bonds. The zero-order valence-electron chi connectivity index (χ0n) is 11.8. The first-order chi connectivity index (χ1) is 9.29. The van der Waals surface area contributed by atoms with Gasteiger partial charge < -0.3 is 4.90 Å². The number of aromatic amines is 1. The van der Waals surface area contributed by atoms with Crippen LogP contribution < -0.4 is 4.90 Å². The molecule has 1 atom stereocenters. The molecule has 0 spiro atoms. The van der Waals surface area contributed by atoms with E-state index in [2.05, 4.69) is 26.6 Å². The van der Waals surface area contributed by atoms with Crippen LogP contribution in [-0.4, -0.2) is 27.9 Å². The second-order valence-corrected chi connectivity index (χ2v) is 6.41. The lowest BCUT2D eigenvalue weighted by Gasteiger charge is -2.21. The molecular formula is C14H24N4S. The highest BCUT2D eigenvalue weighted by molar-refractivity contribution is 7.71. The first-order valence-electron chi connectivity index (χ1n) is 7.71. The average Bonchev–Trinajstić information content (AvgIpc) is 3.08. The predicted octanol–water partition coefficient (Wildman–Crippen LogP) is 3.68. The van der Waals surface area contributed by atoms with Crippen LogP contribution in [-0.2, 0) is 0 Å². The molecule has 2 fully saturated rings. The summed E-state index contributed by atoms with van der Waals surface area (Å²) >= 11 is 5.44. The van der Waals surface area contributed by atoms with E-state index >= 15 is 0 Å². The average molecular weight is 280 g/mol. The molecule has 4 nitrogen and oxygen atoms in total. The summed E-state index contributed by atoms with van der Waals surface area (Å²) in [7, 11) is 0. The van der Waals surface area contributed by atoms with Crippen molar-refractivity contribution in [3.63, 3.8) is 0 Å². The highest BCUT2D eigenvalue weighted by Gasteiger charge is 2.28. The van der Waals surface area contributed by atoms with Crippen molar-refractivity contribution in [2.45, 2.75) is 57.9 Å². The molecule has 106 valence electrons. The van der Waals surface area contributed by atoms with Crippen molar-refractivity contribution in [2.75, 3.05) is 18.0 Å². The first-order valence-corrected chi connectivity index (χ1v) is 8.12. The van der Waals surface area contributed by atoms with Crippen LogP contribution in [0.4, 0.5) is 5.95 Å². The molecule has 1 aromatic rings. The predicted molar refractivity (Wildman–Crippen MR) is 80.1 cm³/mol. The molecular weight excluding hydrogens is 256 g/mol. The summed E-state index contributed by atoms with van der Waals surface area (Å²) in [5.41, 5.74) is 0. The summed E-state index contributed by atoms with van der Waals surface area (Å²) in [6.07, 6.45) is 9.10. The molecule has 0 bridgehead atoms. The normalized spacial score (nSPS) is 24.5. The van der Waals surface area contributed by atoms with Crippen molar-refractivity contribution in [3.8, 4) is 0 Å². The SMILES string of the molecule is CCCC1CCN(c2n[nH]c(=S)n2C2CCCC2)C1. The topological polar surface area (TPSA) is 36.9 Å². The summed E-state index contributed by atoms with van der Waals surface area (Å²) in [6, 6.07) is 0.575. The van der Waals surface area contributed by atoms with Crippen LogP contribution in [0.25, 0.3) is 0 Å². The Balaban J connectivity index is 1.80. The maximum Gasteiger partial charge on any atom is 0.225 e. The summed E-state index contributed by atoms with van der Waals surface area (Å²) in [6.45, 7) is 4.56. The maximum atomic E-state index is 5.44. The van der Waals surface area contributed by atoms with Crippen molar-refractivity contribution in [3.05, 3.63) is 4.77 Å². The summed E-state index contributed by atoms with van der Waals surface area (Å²) in [5.74, 6) is 1.93. The molecule has 2 aliphatic rings. The summed E-state index contributed by atoms with van der Waals surface area (Å²) in [5, 5.41) is 7.52. The van der Waals surface area contributed by atoms with E-state index in [-0.39, 0.29) is 0 Å². The molecule has 2 heterocycles. The molecule has 5 heteroatoms. The minimum absolute atomic E-state index is 0.575. The van der Waals surface area contributed by atoms with Gasteiger partial charge in [-0.05, 0) is 43.8 Å². The van der Waals surface area contributed by atoms with Crippen LogP contribution in [0.15, 0.2) is 0 Å². The van der Waals surface area contributed by atoms with Gasteiger partial charge in [-0.25, -0.2) is 5.10 Å². The molecule has 1 saturated heterocycles. The Bertz CT molecular complexity index is 472. The minimum Gasteiger partial charge on any atom is -0.341 e. The Kier molecular flexibility index (Phi) is 3.91. The van der Waals surface area contributed by atoms with Crippen molar-refractivity contribution in [2.24, 2.45) is 5.92 Å². The third-order valence-electron chi connectivity index (χ3n) is 4.64. The van der Waals surface area contributed by atoms with Crippen LogP contribution >= 0.6 is 12.2 Å². The fraction of sp³-hybridized carbons (Fsp3) is 0.857. The van der Waals surface area contributed by atoms with Gasteiger partial charge in [-0.2, -0.15) is 0 Å².